The minimum Gasteiger partial charge on any atom is -0.484 e. The molecule has 2 N–H and O–H groups in total. The van der Waals surface area contributed by atoms with Crippen molar-refractivity contribution in [1.29, 1.82) is 0 Å². The van der Waals surface area contributed by atoms with Gasteiger partial charge < -0.3 is 10.1 Å². The van der Waals surface area contributed by atoms with E-state index in [1.54, 1.807) is 12.1 Å². The van der Waals surface area contributed by atoms with Crippen molar-refractivity contribution in [2.24, 2.45) is 0 Å². The molecule has 32 heavy (non-hydrogen) atoms. The summed E-state index contributed by atoms with van der Waals surface area (Å²) in [5.41, 5.74) is 0.575. The van der Waals surface area contributed by atoms with Gasteiger partial charge in [0.15, 0.2) is 11.7 Å². The molecule has 1 aliphatic rings. The van der Waals surface area contributed by atoms with Crippen LogP contribution in [0.1, 0.15) is 12.8 Å². The average Bonchev–Trinajstić information content (AvgIpc) is 3.34. The van der Waals surface area contributed by atoms with Crippen LogP contribution >= 0.6 is 12.2 Å². The van der Waals surface area contributed by atoms with Crippen molar-refractivity contribution in [3.63, 3.8) is 0 Å². The standard InChI is InChI=1S/C23H23N3O4S2/c27-22(16-30-20-10-7-17-5-1-2-6-18(17)15-20)25-23(31)24-19-8-11-21(12-9-19)32(28,29)26-13-3-4-14-26/h1-2,5-12,15H,3-4,13-14,16H2,(H2,24,25,27,31). The smallest absolute Gasteiger partial charge is 0.264 e. The highest BCUT2D eigenvalue weighted by atomic mass is 32.2. The molecule has 0 unspecified atom stereocenters. The van der Waals surface area contributed by atoms with E-state index < -0.39 is 15.9 Å². The number of amides is 1. The average molecular weight is 470 g/mol. The second-order valence-electron chi connectivity index (χ2n) is 7.44. The number of hydrogen-bond acceptors (Lipinski definition) is 5. The lowest BCUT2D eigenvalue weighted by Gasteiger charge is -2.16. The van der Waals surface area contributed by atoms with E-state index in [-0.39, 0.29) is 16.6 Å². The molecule has 9 heteroatoms. The van der Waals surface area contributed by atoms with Crippen LogP contribution in [-0.2, 0) is 14.8 Å². The van der Waals surface area contributed by atoms with Gasteiger partial charge in [-0.2, -0.15) is 4.31 Å². The van der Waals surface area contributed by atoms with Crippen LogP contribution in [0.4, 0.5) is 5.69 Å². The van der Waals surface area contributed by atoms with E-state index in [9.17, 15) is 13.2 Å². The fraction of sp³-hybridized carbons (Fsp3) is 0.217. The van der Waals surface area contributed by atoms with Gasteiger partial charge in [0.25, 0.3) is 5.91 Å². The van der Waals surface area contributed by atoms with Gasteiger partial charge in [-0.1, -0.05) is 30.3 Å². The van der Waals surface area contributed by atoms with E-state index in [4.69, 9.17) is 17.0 Å². The first-order valence-corrected chi connectivity index (χ1v) is 12.1. The molecule has 7 nitrogen and oxygen atoms in total. The number of rotatable bonds is 6. The van der Waals surface area contributed by atoms with E-state index >= 15 is 0 Å². The summed E-state index contributed by atoms with van der Waals surface area (Å²) in [5.74, 6) is 0.191. The second-order valence-corrected chi connectivity index (χ2v) is 9.78. The van der Waals surface area contributed by atoms with E-state index in [1.165, 1.54) is 16.4 Å². The van der Waals surface area contributed by atoms with E-state index in [0.717, 1.165) is 23.6 Å². The van der Waals surface area contributed by atoms with Gasteiger partial charge in [0.2, 0.25) is 10.0 Å². The normalized spacial score (nSPS) is 14.2. The topological polar surface area (TPSA) is 87.7 Å². The molecule has 0 atom stereocenters. The number of carbonyl (C=O) groups excluding carboxylic acids is 1. The number of benzene rings is 3. The highest BCUT2D eigenvalue weighted by Gasteiger charge is 2.26. The molecule has 3 aromatic carbocycles. The van der Waals surface area contributed by atoms with Crippen LogP contribution in [0.25, 0.3) is 10.8 Å². The van der Waals surface area contributed by atoms with Gasteiger partial charge in [0.1, 0.15) is 5.75 Å². The largest absolute Gasteiger partial charge is 0.484 e. The lowest BCUT2D eigenvalue weighted by Crippen LogP contribution is -2.37. The lowest BCUT2D eigenvalue weighted by atomic mass is 10.1. The van der Waals surface area contributed by atoms with E-state index in [1.807, 2.05) is 42.5 Å². The summed E-state index contributed by atoms with van der Waals surface area (Å²) in [7, 11) is -3.46. The minimum atomic E-state index is -3.46. The van der Waals surface area contributed by atoms with Crippen molar-refractivity contribution >= 4 is 49.7 Å². The number of carbonyl (C=O) groups is 1. The molecular formula is C23H23N3O4S2. The Kier molecular flexibility index (Phi) is 6.69. The van der Waals surface area contributed by atoms with Crippen molar-refractivity contribution in [2.75, 3.05) is 25.0 Å². The molecule has 0 saturated carbocycles. The molecule has 0 aromatic heterocycles. The zero-order chi connectivity index (χ0) is 22.6. The summed E-state index contributed by atoms with van der Waals surface area (Å²) in [6.07, 6.45) is 1.77. The molecule has 1 fully saturated rings. The lowest BCUT2D eigenvalue weighted by molar-refractivity contribution is -0.121. The molecule has 0 bridgehead atoms. The maximum Gasteiger partial charge on any atom is 0.264 e. The number of sulfonamides is 1. The first-order chi connectivity index (χ1) is 15.4. The summed E-state index contributed by atoms with van der Waals surface area (Å²) in [6.45, 7) is 0.923. The predicted molar refractivity (Wildman–Crippen MR) is 128 cm³/mol. The van der Waals surface area contributed by atoms with Crippen molar-refractivity contribution < 1.29 is 17.9 Å². The Morgan fingerprint density at radius 1 is 0.969 bits per heavy atom. The Balaban J connectivity index is 1.28. The van der Waals surface area contributed by atoms with Gasteiger partial charge in [-0.05, 0) is 72.2 Å². The van der Waals surface area contributed by atoms with Gasteiger partial charge in [-0.25, -0.2) is 8.42 Å². The fourth-order valence-corrected chi connectivity index (χ4v) is 5.27. The van der Waals surface area contributed by atoms with Crippen LogP contribution < -0.4 is 15.4 Å². The van der Waals surface area contributed by atoms with Gasteiger partial charge in [-0.3, -0.25) is 10.1 Å². The number of anilines is 1. The zero-order valence-corrected chi connectivity index (χ0v) is 18.9. The van der Waals surface area contributed by atoms with Crippen molar-refractivity contribution in [3.8, 4) is 5.75 Å². The van der Waals surface area contributed by atoms with Crippen LogP contribution in [0.5, 0.6) is 5.75 Å². The molecule has 4 rings (SSSR count). The Morgan fingerprint density at radius 2 is 1.66 bits per heavy atom. The van der Waals surface area contributed by atoms with Crippen LogP contribution in [-0.4, -0.2) is 43.4 Å². The highest BCUT2D eigenvalue weighted by Crippen LogP contribution is 2.22. The van der Waals surface area contributed by atoms with Gasteiger partial charge in [0.05, 0.1) is 4.90 Å². The Bertz CT molecular complexity index is 1240. The Labute approximate surface area is 192 Å². The number of hydrogen-bond donors (Lipinski definition) is 2. The summed E-state index contributed by atoms with van der Waals surface area (Å²) < 4.78 is 32.2. The fourth-order valence-electron chi connectivity index (χ4n) is 3.52. The summed E-state index contributed by atoms with van der Waals surface area (Å²) in [5, 5.41) is 7.66. The van der Waals surface area contributed by atoms with Crippen LogP contribution in [0, 0.1) is 0 Å². The summed E-state index contributed by atoms with van der Waals surface area (Å²) >= 11 is 5.17. The van der Waals surface area contributed by atoms with Gasteiger partial charge >= 0.3 is 0 Å². The van der Waals surface area contributed by atoms with Crippen LogP contribution in [0.15, 0.2) is 71.6 Å². The zero-order valence-electron chi connectivity index (χ0n) is 17.3. The predicted octanol–water partition coefficient (Wildman–Crippen LogP) is 3.52. The number of fused-ring (bicyclic) bond motifs is 1. The molecule has 0 radical (unpaired) electrons. The third-order valence-electron chi connectivity index (χ3n) is 5.16. The Hall–Kier alpha value is -3.01. The number of ether oxygens (including phenoxy) is 1. The van der Waals surface area contributed by atoms with Crippen LogP contribution in [0.3, 0.4) is 0 Å². The number of thiocarbonyl (C=S) groups is 1. The molecule has 1 heterocycles. The maximum absolute atomic E-state index is 12.6. The van der Waals surface area contributed by atoms with Crippen molar-refractivity contribution in [2.45, 2.75) is 17.7 Å². The van der Waals surface area contributed by atoms with Crippen LogP contribution in [0.2, 0.25) is 0 Å². The highest BCUT2D eigenvalue weighted by molar-refractivity contribution is 7.89. The van der Waals surface area contributed by atoms with Gasteiger partial charge in [0, 0.05) is 18.8 Å². The third kappa shape index (κ3) is 5.24. The molecule has 3 aromatic rings. The SMILES string of the molecule is O=C(COc1ccc2ccccc2c1)NC(=S)Nc1ccc(S(=O)(=O)N2CCCC2)cc1. The number of nitrogens with zero attached hydrogens (tertiary/aromatic N) is 1. The minimum absolute atomic E-state index is 0.104. The third-order valence-corrected chi connectivity index (χ3v) is 7.28. The molecule has 0 aliphatic carbocycles. The van der Waals surface area contributed by atoms with Gasteiger partial charge in [-0.15, -0.1) is 0 Å². The first-order valence-electron chi connectivity index (χ1n) is 10.2. The van der Waals surface area contributed by atoms with E-state index in [0.29, 0.717) is 24.5 Å². The van der Waals surface area contributed by atoms with Crippen molar-refractivity contribution in [3.05, 3.63) is 66.7 Å². The Morgan fingerprint density at radius 3 is 2.38 bits per heavy atom. The quantitative estimate of drug-likeness (QED) is 0.537. The van der Waals surface area contributed by atoms with E-state index in [2.05, 4.69) is 10.6 Å². The maximum atomic E-state index is 12.6. The molecule has 166 valence electrons. The molecule has 1 aliphatic heterocycles. The molecular weight excluding hydrogens is 446 g/mol. The molecule has 0 spiro atoms. The molecule has 1 saturated heterocycles. The second kappa shape index (κ2) is 9.64. The first kappa shape index (κ1) is 22.2. The summed E-state index contributed by atoms with van der Waals surface area (Å²) in [4.78, 5) is 12.4. The monoisotopic (exact) mass is 469 g/mol. The van der Waals surface area contributed by atoms with Crippen molar-refractivity contribution in [1.82, 2.24) is 9.62 Å². The molecule has 1 amide bonds. The summed E-state index contributed by atoms with van der Waals surface area (Å²) in [6, 6.07) is 19.8. The number of nitrogens with one attached hydrogen (secondary N) is 2.